The Kier molecular flexibility index (Phi) is 17.2. The molecule has 0 aliphatic rings. The van der Waals surface area contributed by atoms with Crippen molar-refractivity contribution in [2.45, 2.75) is 66.2 Å². The molecule has 0 spiro atoms. The van der Waals surface area contributed by atoms with Crippen molar-refractivity contribution >= 4 is 53.2 Å². The zero-order valence-corrected chi connectivity index (χ0v) is 27.7. The molecular weight excluding hydrogens is 551 g/mol. The first-order valence-corrected chi connectivity index (χ1v) is 14.7. The fraction of sp³-hybridized carbons (Fsp3) is 0.333. The fourth-order valence-corrected chi connectivity index (χ4v) is 4.08. The summed E-state index contributed by atoms with van der Waals surface area (Å²) in [7, 11) is 0. The molecule has 34 heavy (non-hydrogen) atoms. The van der Waals surface area contributed by atoms with E-state index in [-0.39, 0.29) is 50.5 Å². The van der Waals surface area contributed by atoms with Crippen LogP contribution in [-0.4, -0.2) is 6.88 Å². The van der Waals surface area contributed by atoms with Gasteiger partial charge in [-0.15, -0.1) is 93.9 Å². The predicted octanol–water partition coefficient (Wildman–Crippen LogP) is 9.69. The average Bonchev–Trinajstić information content (AvgIpc) is 3.21. The van der Waals surface area contributed by atoms with Gasteiger partial charge in [0.15, 0.2) is 0 Å². The van der Waals surface area contributed by atoms with Crippen molar-refractivity contribution in [3.05, 3.63) is 97.8 Å². The molecule has 4 aromatic rings. The summed E-state index contributed by atoms with van der Waals surface area (Å²) < 4.78 is 0. The normalized spacial score (nSPS) is 10.2. The maximum atomic E-state index is 3.06. The molecular formula is C30H42Cl2SiZr-4. The van der Waals surface area contributed by atoms with E-state index >= 15 is 0 Å². The minimum atomic E-state index is 0. The molecule has 4 rings (SSSR count). The summed E-state index contributed by atoms with van der Waals surface area (Å²) in [6, 6.07) is 22.3. The van der Waals surface area contributed by atoms with Crippen molar-refractivity contribution in [3.8, 4) is 0 Å². The number of aryl methyl sites for hydroxylation is 2. The Balaban J connectivity index is -0.000000475. The van der Waals surface area contributed by atoms with Crippen molar-refractivity contribution in [2.75, 3.05) is 0 Å². The van der Waals surface area contributed by atoms with Crippen LogP contribution in [-0.2, 0) is 34.2 Å². The third kappa shape index (κ3) is 9.42. The molecule has 0 bridgehead atoms. The zero-order chi connectivity index (χ0) is 22.7. The van der Waals surface area contributed by atoms with Gasteiger partial charge in [0.1, 0.15) is 0 Å². The van der Waals surface area contributed by atoms with Gasteiger partial charge in [0.05, 0.1) is 0 Å². The van der Waals surface area contributed by atoms with Gasteiger partial charge in [-0.3, -0.25) is 0 Å². The average molecular weight is 593 g/mol. The first-order valence-electron chi connectivity index (χ1n) is 10.5. The van der Waals surface area contributed by atoms with Crippen molar-refractivity contribution in [3.63, 3.8) is 0 Å². The summed E-state index contributed by atoms with van der Waals surface area (Å²) in [5, 5.41) is 5.57. The van der Waals surface area contributed by atoms with Crippen LogP contribution in [0.3, 0.4) is 0 Å². The van der Waals surface area contributed by atoms with E-state index in [1.54, 1.807) is 0 Å². The van der Waals surface area contributed by atoms with Gasteiger partial charge in [-0.05, 0) is 10.8 Å². The topological polar surface area (TPSA) is 0 Å². The molecule has 0 N–H and O–H groups in total. The van der Waals surface area contributed by atoms with Crippen LogP contribution in [0.4, 0.5) is 0 Å². The molecule has 0 fully saturated rings. The molecule has 0 aliphatic carbocycles. The molecule has 2 radical (unpaired) electrons. The molecule has 188 valence electrons. The van der Waals surface area contributed by atoms with Crippen molar-refractivity contribution < 1.29 is 23.3 Å². The maximum absolute atomic E-state index is 3.06. The van der Waals surface area contributed by atoms with Gasteiger partial charge >= 0.3 is 30.2 Å². The third-order valence-electron chi connectivity index (χ3n) is 5.41. The van der Waals surface area contributed by atoms with Gasteiger partial charge in [-0.1, -0.05) is 78.6 Å². The number of fused-ring (bicyclic) bond motifs is 2. The molecule has 0 nitrogen and oxygen atoms in total. The van der Waals surface area contributed by atoms with Gasteiger partial charge < -0.3 is 14.9 Å². The Morgan fingerprint density at radius 2 is 0.912 bits per heavy atom. The van der Waals surface area contributed by atoms with E-state index < -0.39 is 0 Å². The summed E-state index contributed by atoms with van der Waals surface area (Å²) >= 11 is 1.36. The molecule has 0 saturated heterocycles. The van der Waals surface area contributed by atoms with Crippen molar-refractivity contribution in [1.82, 2.24) is 0 Å². The monoisotopic (exact) mass is 590 g/mol. The summed E-state index contributed by atoms with van der Waals surface area (Å²) in [6.45, 7) is 21.0. The van der Waals surface area contributed by atoms with Crippen LogP contribution in [0.2, 0.25) is 0 Å². The number of hydrogen-bond acceptors (Lipinski definition) is 0. The van der Waals surface area contributed by atoms with Gasteiger partial charge in [0.2, 0.25) is 0 Å². The second-order valence-electron chi connectivity index (χ2n) is 10.2. The second kappa shape index (κ2) is 15.5. The molecule has 0 saturated carbocycles. The Morgan fingerprint density at radius 3 is 1.18 bits per heavy atom. The summed E-state index contributed by atoms with van der Waals surface area (Å²) in [6.07, 6.45) is 0. The van der Waals surface area contributed by atoms with Crippen molar-refractivity contribution in [2.24, 2.45) is 0 Å². The van der Waals surface area contributed by atoms with Crippen LogP contribution in [0.1, 0.15) is 63.8 Å². The molecule has 0 amide bonds. The Hall–Kier alpha value is -0.660. The second-order valence-corrected chi connectivity index (χ2v) is 10.2. The molecule has 0 aromatic heterocycles. The molecule has 0 atom stereocenters. The van der Waals surface area contributed by atoms with Crippen molar-refractivity contribution in [1.29, 1.82) is 0 Å². The fourth-order valence-electron chi connectivity index (χ4n) is 4.08. The standard InChI is InChI=1S/2C14H17.2CH3.2ClH.Si.Zr/c2*1-10-8-11-6-5-7-13(12(11)9-10)14(2,3)4;;;;;;/h2*5-9H,1-4H3;2*1H3;2*1H;;/q4*-1;;;;. The van der Waals surface area contributed by atoms with Crippen LogP contribution in [0, 0.1) is 28.7 Å². The quantitative estimate of drug-likeness (QED) is 0.141. The van der Waals surface area contributed by atoms with E-state index in [1.165, 1.54) is 67.1 Å². The zero-order valence-electron chi connectivity index (χ0n) is 22.6. The van der Waals surface area contributed by atoms with E-state index in [9.17, 15) is 0 Å². The van der Waals surface area contributed by atoms with Crippen LogP contribution in [0.15, 0.2) is 60.7 Å². The van der Waals surface area contributed by atoms with E-state index in [2.05, 4.69) is 123 Å². The van der Waals surface area contributed by atoms with Crippen LogP contribution >= 0.6 is 24.8 Å². The van der Waals surface area contributed by atoms with Crippen LogP contribution in [0.5, 0.6) is 0 Å². The number of halogens is 2. The number of benzene rings is 2. The van der Waals surface area contributed by atoms with Gasteiger partial charge in [0.25, 0.3) is 0 Å². The van der Waals surface area contributed by atoms with Crippen LogP contribution in [0.25, 0.3) is 21.5 Å². The van der Waals surface area contributed by atoms with E-state index in [0.29, 0.717) is 0 Å². The van der Waals surface area contributed by atoms with E-state index in [4.69, 9.17) is 0 Å². The Morgan fingerprint density at radius 1 is 0.618 bits per heavy atom. The number of hydrogen-bond donors (Lipinski definition) is 0. The summed E-state index contributed by atoms with van der Waals surface area (Å²) in [5.41, 5.74) is 6.08. The minimum absolute atomic E-state index is 0. The summed E-state index contributed by atoms with van der Waals surface area (Å²) in [5.74, 6) is 0. The van der Waals surface area contributed by atoms with E-state index in [1.807, 2.05) is 0 Å². The first kappa shape index (κ1) is 37.9. The van der Waals surface area contributed by atoms with Gasteiger partial charge in [0, 0.05) is 0 Å². The van der Waals surface area contributed by atoms with E-state index in [0.717, 1.165) is 0 Å². The van der Waals surface area contributed by atoms with Gasteiger partial charge in [-0.2, -0.15) is 12.1 Å². The number of rotatable bonds is 0. The molecule has 4 heteroatoms. The predicted molar refractivity (Wildman–Crippen MR) is 159 cm³/mol. The molecule has 0 heterocycles. The molecule has 0 aliphatic heterocycles. The Labute approximate surface area is 239 Å². The summed E-state index contributed by atoms with van der Waals surface area (Å²) in [4.78, 5) is 0. The first-order chi connectivity index (χ1) is 14.0. The molecule has 4 aromatic carbocycles. The van der Waals surface area contributed by atoms with Gasteiger partial charge in [-0.25, -0.2) is 0 Å². The Bertz CT molecular complexity index is 1030. The SMILES string of the molecule is Cc1cc2c(C(C)(C)C)cccc2[cH-]1.Cc1cc2c(C(C)(C)C)cccc2[cH-]1.Cl.Cl.[CH3-].[CH3-].[Si]=[Zr]. The molecule has 0 unspecified atom stereocenters. The van der Waals surface area contributed by atoms with Crippen LogP contribution < -0.4 is 0 Å². The third-order valence-corrected chi connectivity index (χ3v) is 5.41.